The number of carbonyl (C=O) groups is 1. The number of nitrogens with zero attached hydrogens (tertiary/aromatic N) is 2. The van der Waals surface area contributed by atoms with Crippen molar-refractivity contribution in [2.24, 2.45) is 0 Å². The van der Waals surface area contributed by atoms with Gasteiger partial charge < -0.3 is 20.6 Å². The molecule has 3 rings (SSSR count). The number of hydrogen-bond acceptors (Lipinski definition) is 5. The lowest BCUT2D eigenvalue weighted by molar-refractivity contribution is -1.01. The van der Waals surface area contributed by atoms with Crippen molar-refractivity contribution in [3.8, 4) is 0 Å². The molecule has 9 heteroatoms. The number of benzene rings is 1. The van der Waals surface area contributed by atoms with Crippen molar-refractivity contribution in [3.63, 3.8) is 0 Å². The zero-order valence-corrected chi connectivity index (χ0v) is 16.3. The highest BCUT2D eigenvalue weighted by Crippen LogP contribution is 2.18. The predicted molar refractivity (Wildman–Crippen MR) is 107 cm³/mol. The molecule has 1 aromatic carbocycles. The SMILES string of the molecule is CN(C)[NH+]([O-])[C@@H](O)[C@H](Cc1ccccc1)NC(=O)c1cc2cc(Cl)ncc2[nH]1. The Hall–Kier alpha value is -2.49. The third-order valence-electron chi connectivity index (χ3n) is 4.41. The number of aromatic nitrogens is 2. The van der Waals surface area contributed by atoms with Crippen molar-refractivity contribution >= 4 is 28.4 Å². The molecule has 0 aliphatic carbocycles. The Balaban J connectivity index is 1.83. The molecule has 3 aromatic rings. The Morgan fingerprint density at radius 1 is 1.36 bits per heavy atom. The van der Waals surface area contributed by atoms with Gasteiger partial charge in [0, 0.05) is 25.9 Å². The molecule has 2 heterocycles. The molecule has 0 saturated heterocycles. The average molecular weight is 404 g/mol. The molecule has 8 nitrogen and oxygen atoms in total. The first-order chi connectivity index (χ1) is 13.3. The summed E-state index contributed by atoms with van der Waals surface area (Å²) in [6.07, 6.45) is 0.473. The van der Waals surface area contributed by atoms with Gasteiger partial charge in [-0.2, -0.15) is 5.01 Å². The minimum Gasteiger partial charge on any atom is -0.611 e. The quantitative estimate of drug-likeness (QED) is 0.264. The average Bonchev–Trinajstić information content (AvgIpc) is 3.10. The Labute approximate surface area is 167 Å². The minimum absolute atomic E-state index is 0.293. The van der Waals surface area contributed by atoms with E-state index in [9.17, 15) is 15.1 Å². The molecule has 0 fully saturated rings. The van der Waals surface area contributed by atoms with Crippen molar-refractivity contribution in [1.82, 2.24) is 20.3 Å². The van der Waals surface area contributed by atoms with Crippen LogP contribution in [0.1, 0.15) is 16.1 Å². The fourth-order valence-corrected chi connectivity index (χ4v) is 3.09. The van der Waals surface area contributed by atoms with E-state index in [4.69, 9.17) is 11.6 Å². The van der Waals surface area contributed by atoms with Crippen LogP contribution < -0.4 is 10.5 Å². The first-order valence-corrected chi connectivity index (χ1v) is 9.11. The largest absolute Gasteiger partial charge is 0.611 e. The number of carbonyl (C=O) groups excluding carboxylic acids is 1. The number of aliphatic hydroxyl groups is 1. The van der Waals surface area contributed by atoms with Crippen molar-refractivity contribution in [1.29, 1.82) is 0 Å². The second kappa shape index (κ2) is 8.68. The summed E-state index contributed by atoms with van der Waals surface area (Å²) in [6, 6.07) is 11.9. The van der Waals surface area contributed by atoms with E-state index < -0.39 is 23.3 Å². The number of hydrogen-bond donors (Lipinski definition) is 4. The van der Waals surface area contributed by atoms with Gasteiger partial charge in [-0.05, 0) is 17.7 Å². The van der Waals surface area contributed by atoms with E-state index in [2.05, 4.69) is 15.3 Å². The molecule has 4 N–H and O–H groups in total. The van der Waals surface area contributed by atoms with Gasteiger partial charge in [0.1, 0.15) is 16.9 Å². The van der Waals surface area contributed by atoms with Gasteiger partial charge in [-0.15, -0.1) is 0 Å². The second-order valence-electron chi connectivity index (χ2n) is 6.72. The number of H-pyrrole nitrogens is 1. The van der Waals surface area contributed by atoms with Crippen LogP contribution in [0.4, 0.5) is 0 Å². The predicted octanol–water partition coefficient (Wildman–Crippen LogP) is 0.735. The number of pyridine rings is 1. The van der Waals surface area contributed by atoms with Crippen LogP contribution in [0, 0.1) is 5.21 Å². The highest BCUT2D eigenvalue weighted by molar-refractivity contribution is 6.30. The molecule has 0 aliphatic rings. The van der Waals surface area contributed by atoms with Gasteiger partial charge in [0.05, 0.1) is 11.7 Å². The third kappa shape index (κ3) is 4.67. The zero-order chi connectivity index (χ0) is 20.3. The normalized spacial score (nSPS) is 14.8. The number of amides is 1. The van der Waals surface area contributed by atoms with E-state index in [1.165, 1.54) is 5.01 Å². The van der Waals surface area contributed by atoms with E-state index >= 15 is 0 Å². The van der Waals surface area contributed by atoms with E-state index in [1.807, 2.05) is 30.3 Å². The molecule has 0 saturated carbocycles. The molecule has 0 spiro atoms. The van der Waals surface area contributed by atoms with Gasteiger partial charge in [0.15, 0.2) is 0 Å². The van der Waals surface area contributed by atoms with Gasteiger partial charge in [0.25, 0.3) is 5.91 Å². The molecule has 148 valence electrons. The maximum absolute atomic E-state index is 12.8. The monoisotopic (exact) mass is 403 g/mol. The van der Waals surface area contributed by atoms with Crippen molar-refractivity contribution in [2.75, 3.05) is 14.1 Å². The van der Waals surface area contributed by atoms with Crippen molar-refractivity contribution in [3.05, 3.63) is 70.3 Å². The van der Waals surface area contributed by atoms with Gasteiger partial charge in [-0.3, -0.25) is 9.97 Å². The molecule has 0 radical (unpaired) electrons. The summed E-state index contributed by atoms with van der Waals surface area (Å²) >= 11 is 5.89. The van der Waals surface area contributed by atoms with Gasteiger partial charge in [0.2, 0.25) is 6.23 Å². The lowest BCUT2D eigenvalue weighted by atomic mass is 10.0. The molecule has 3 atom stereocenters. The highest BCUT2D eigenvalue weighted by atomic mass is 35.5. The summed E-state index contributed by atoms with van der Waals surface area (Å²) in [7, 11) is 3.11. The van der Waals surface area contributed by atoms with Crippen LogP contribution in [0.5, 0.6) is 0 Å². The molecular weight excluding hydrogens is 382 g/mol. The number of quaternary nitrogens is 1. The Morgan fingerprint density at radius 2 is 2.07 bits per heavy atom. The van der Waals surface area contributed by atoms with Crippen LogP contribution in [-0.4, -0.2) is 52.4 Å². The summed E-state index contributed by atoms with van der Waals surface area (Å²) in [5, 5.41) is 27.5. The first-order valence-electron chi connectivity index (χ1n) is 8.73. The van der Waals surface area contributed by atoms with Crippen LogP contribution in [0.3, 0.4) is 0 Å². The molecule has 1 amide bonds. The summed E-state index contributed by atoms with van der Waals surface area (Å²) in [5.41, 5.74) is 1.85. The molecule has 2 aromatic heterocycles. The Bertz CT molecular complexity index is 947. The van der Waals surface area contributed by atoms with E-state index in [-0.39, 0.29) is 0 Å². The molecular formula is C19H22ClN5O3. The smallest absolute Gasteiger partial charge is 0.268 e. The van der Waals surface area contributed by atoms with E-state index in [0.29, 0.717) is 22.8 Å². The Kier molecular flexibility index (Phi) is 6.28. The summed E-state index contributed by atoms with van der Waals surface area (Å²) in [6.45, 7) is 0. The van der Waals surface area contributed by atoms with Gasteiger partial charge >= 0.3 is 0 Å². The standard InChI is InChI=1S/C19H22ClN5O3/c1-24(2)25(28)19(27)15(8-12-6-4-3-5-7-12)23-18(26)14-9-13-10-17(20)21-11-16(13)22-14/h3-7,9-11,15,19,22,25,27H,8H2,1-2H3,(H,23,26)/t15-,19-/m0/s1. The van der Waals surface area contributed by atoms with Crippen LogP contribution in [0.25, 0.3) is 10.9 Å². The zero-order valence-electron chi connectivity index (χ0n) is 15.5. The first kappa shape index (κ1) is 20.2. The summed E-state index contributed by atoms with van der Waals surface area (Å²) in [5.74, 6) is -0.432. The molecule has 0 bridgehead atoms. The van der Waals surface area contributed by atoms with E-state index in [0.717, 1.165) is 10.9 Å². The number of hydroxylamine groups is 1. The van der Waals surface area contributed by atoms with E-state index in [1.54, 1.807) is 32.4 Å². The van der Waals surface area contributed by atoms with Gasteiger partial charge in [-0.25, -0.2) is 4.98 Å². The van der Waals surface area contributed by atoms with Crippen LogP contribution in [-0.2, 0) is 6.42 Å². The number of halogens is 1. The molecule has 0 aliphatic heterocycles. The lowest BCUT2D eigenvalue weighted by Gasteiger charge is -2.36. The fraction of sp³-hybridized carbons (Fsp3) is 0.263. The van der Waals surface area contributed by atoms with Gasteiger partial charge in [-0.1, -0.05) is 41.9 Å². The van der Waals surface area contributed by atoms with Crippen molar-refractivity contribution < 1.29 is 15.1 Å². The Morgan fingerprint density at radius 3 is 2.75 bits per heavy atom. The number of fused-ring (bicyclic) bond motifs is 1. The second-order valence-corrected chi connectivity index (χ2v) is 7.11. The summed E-state index contributed by atoms with van der Waals surface area (Å²) in [4.78, 5) is 19.7. The lowest BCUT2D eigenvalue weighted by Crippen LogP contribution is -3.18. The number of rotatable bonds is 7. The minimum atomic E-state index is -1.38. The van der Waals surface area contributed by atoms with Crippen LogP contribution in [0.15, 0.2) is 48.7 Å². The topological polar surface area (TPSA) is 109 Å². The number of aliphatic hydroxyl groups excluding tert-OH is 1. The van der Waals surface area contributed by atoms with Crippen LogP contribution >= 0.6 is 11.6 Å². The van der Waals surface area contributed by atoms with Crippen LogP contribution in [0.2, 0.25) is 5.15 Å². The summed E-state index contributed by atoms with van der Waals surface area (Å²) < 4.78 is 0. The highest BCUT2D eigenvalue weighted by Gasteiger charge is 2.29. The van der Waals surface area contributed by atoms with Crippen molar-refractivity contribution in [2.45, 2.75) is 18.7 Å². The molecule has 28 heavy (non-hydrogen) atoms. The molecule has 1 unspecified atom stereocenters. The fourth-order valence-electron chi connectivity index (χ4n) is 2.92. The number of aromatic amines is 1. The maximum Gasteiger partial charge on any atom is 0.268 e. The third-order valence-corrected chi connectivity index (χ3v) is 4.61. The number of nitrogens with one attached hydrogen (secondary N) is 3. The maximum atomic E-state index is 12.8.